The van der Waals surface area contributed by atoms with Crippen LogP contribution in [0.2, 0.25) is 0 Å². The van der Waals surface area contributed by atoms with Crippen molar-refractivity contribution in [3.8, 4) is 0 Å². The van der Waals surface area contributed by atoms with Gasteiger partial charge < -0.3 is 9.97 Å². The summed E-state index contributed by atoms with van der Waals surface area (Å²) in [6.07, 6.45) is 5.28. The van der Waals surface area contributed by atoms with Crippen molar-refractivity contribution in [3.05, 3.63) is 21.2 Å². The van der Waals surface area contributed by atoms with E-state index in [4.69, 9.17) is 24.4 Å². The minimum Gasteiger partial charge on any atom is -0.339 e. The van der Waals surface area contributed by atoms with Crippen molar-refractivity contribution in [3.63, 3.8) is 0 Å². The third-order valence-electron chi connectivity index (χ3n) is 1.70. The molecule has 1 heterocycles. The average Bonchev–Trinajstić information content (AvgIpc) is 2.03. The van der Waals surface area contributed by atoms with Crippen LogP contribution in [0.4, 0.5) is 0 Å². The Bertz CT molecular complexity index is 351. The van der Waals surface area contributed by atoms with Gasteiger partial charge in [-0.25, -0.2) is 0 Å². The Morgan fingerprint density at radius 3 is 2.75 bits per heavy atom. The van der Waals surface area contributed by atoms with Crippen molar-refractivity contribution in [2.24, 2.45) is 0 Å². The average molecular weight is 200 g/mol. The molecule has 0 aromatic carbocycles. The first-order valence-electron chi connectivity index (χ1n) is 4.05. The Kier molecular flexibility index (Phi) is 3.62. The zero-order chi connectivity index (χ0) is 8.97. The summed E-state index contributed by atoms with van der Waals surface area (Å²) in [6, 6.07) is 0. The second-order valence-electron chi connectivity index (χ2n) is 2.70. The summed E-state index contributed by atoms with van der Waals surface area (Å²) in [7, 11) is 0. The van der Waals surface area contributed by atoms with E-state index in [2.05, 4.69) is 16.9 Å². The highest BCUT2D eigenvalue weighted by Gasteiger charge is 1.93. The molecule has 4 heteroatoms. The summed E-state index contributed by atoms with van der Waals surface area (Å²) in [5.74, 6) is 0. The lowest BCUT2D eigenvalue weighted by atomic mass is 10.2. The molecule has 0 aliphatic heterocycles. The fourth-order valence-corrected chi connectivity index (χ4v) is 1.48. The largest absolute Gasteiger partial charge is 0.339 e. The Hall–Kier alpha value is -0.480. The number of nitrogens with one attached hydrogen (secondary N) is 2. The quantitative estimate of drug-likeness (QED) is 0.734. The first-order chi connectivity index (χ1) is 5.74. The summed E-state index contributed by atoms with van der Waals surface area (Å²) in [4.78, 5) is 5.86. The molecule has 66 valence electrons. The van der Waals surface area contributed by atoms with Gasteiger partial charge in [0.25, 0.3) is 0 Å². The zero-order valence-electron chi connectivity index (χ0n) is 7.02. The van der Waals surface area contributed by atoms with Crippen LogP contribution in [-0.4, -0.2) is 9.97 Å². The van der Waals surface area contributed by atoms with Gasteiger partial charge in [0, 0.05) is 11.8 Å². The van der Waals surface area contributed by atoms with Crippen LogP contribution in [0, 0.1) is 9.41 Å². The second kappa shape index (κ2) is 4.52. The van der Waals surface area contributed by atoms with Crippen LogP contribution in [0.25, 0.3) is 0 Å². The summed E-state index contributed by atoms with van der Waals surface area (Å²) < 4.78 is 1.37. The molecule has 0 spiro atoms. The Labute approximate surface area is 82.0 Å². The SMILES string of the molecule is CCCCc1c[nH]c(=S)[nH]c1=S. The van der Waals surface area contributed by atoms with Crippen LogP contribution in [0.5, 0.6) is 0 Å². The molecule has 0 bridgehead atoms. The Morgan fingerprint density at radius 2 is 2.17 bits per heavy atom. The minimum absolute atomic E-state index is 0.597. The van der Waals surface area contributed by atoms with E-state index in [1.54, 1.807) is 0 Å². The zero-order valence-corrected chi connectivity index (χ0v) is 8.65. The van der Waals surface area contributed by atoms with E-state index >= 15 is 0 Å². The highest BCUT2D eigenvalue weighted by molar-refractivity contribution is 7.72. The number of unbranched alkanes of at least 4 members (excludes halogenated alkanes) is 1. The molecule has 2 nitrogen and oxygen atoms in total. The molecule has 2 N–H and O–H groups in total. The van der Waals surface area contributed by atoms with E-state index in [0.717, 1.165) is 16.6 Å². The first-order valence-corrected chi connectivity index (χ1v) is 4.86. The van der Waals surface area contributed by atoms with Gasteiger partial charge in [0.15, 0.2) is 4.77 Å². The van der Waals surface area contributed by atoms with E-state index in [-0.39, 0.29) is 0 Å². The van der Waals surface area contributed by atoms with Crippen LogP contribution in [0.15, 0.2) is 6.20 Å². The van der Waals surface area contributed by atoms with Gasteiger partial charge in [-0.05, 0) is 25.1 Å². The molecular formula is C8H12N2S2. The molecular weight excluding hydrogens is 188 g/mol. The van der Waals surface area contributed by atoms with E-state index in [9.17, 15) is 0 Å². The fourth-order valence-electron chi connectivity index (χ4n) is 0.991. The third kappa shape index (κ3) is 2.53. The predicted octanol–water partition coefficient (Wildman–Crippen LogP) is 3.14. The molecule has 1 aromatic heterocycles. The molecule has 0 aliphatic carbocycles. The number of rotatable bonds is 3. The number of hydrogen-bond acceptors (Lipinski definition) is 2. The number of aromatic nitrogens is 2. The molecule has 0 saturated heterocycles. The van der Waals surface area contributed by atoms with Gasteiger partial charge >= 0.3 is 0 Å². The first kappa shape index (κ1) is 9.61. The number of H-pyrrole nitrogens is 2. The molecule has 1 aromatic rings. The van der Waals surface area contributed by atoms with Gasteiger partial charge in [0.05, 0.1) is 0 Å². The Morgan fingerprint density at radius 1 is 1.42 bits per heavy atom. The van der Waals surface area contributed by atoms with Crippen molar-refractivity contribution >= 4 is 24.4 Å². The van der Waals surface area contributed by atoms with Crippen molar-refractivity contribution in [1.29, 1.82) is 0 Å². The molecule has 0 atom stereocenters. The molecule has 12 heavy (non-hydrogen) atoms. The lowest BCUT2D eigenvalue weighted by Crippen LogP contribution is -1.91. The van der Waals surface area contributed by atoms with E-state index in [0.29, 0.717) is 4.77 Å². The van der Waals surface area contributed by atoms with Crippen LogP contribution in [-0.2, 0) is 6.42 Å². The maximum Gasteiger partial charge on any atom is 0.175 e. The van der Waals surface area contributed by atoms with Crippen molar-refractivity contribution in [2.75, 3.05) is 0 Å². The van der Waals surface area contributed by atoms with Gasteiger partial charge in [0.2, 0.25) is 0 Å². The maximum absolute atomic E-state index is 5.11. The highest BCUT2D eigenvalue weighted by atomic mass is 32.1. The standard InChI is InChI=1S/C8H12N2S2/c1-2-3-4-6-5-9-8(12)10-7(6)11/h5H,2-4H2,1H3,(H2,9,10,11,12). The van der Waals surface area contributed by atoms with Crippen LogP contribution >= 0.6 is 24.4 Å². The van der Waals surface area contributed by atoms with Crippen molar-refractivity contribution in [1.82, 2.24) is 9.97 Å². The lowest BCUT2D eigenvalue weighted by Gasteiger charge is -1.98. The van der Waals surface area contributed by atoms with E-state index in [1.807, 2.05) is 6.20 Å². The van der Waals surface area contributed by atoms with Gasteiger partial charge in [0.1, 0.15) is 4.64 Å². The molecule has 0 amide bonds. The van der Waals surface area contributed by atoms with Crippen molar-refractivity contribution in [2.45, 2.75) is 26.2 Å². The van der Waals surface area contributed by atoms with Crippen LogP contribution in [0.1, 0.15) is 25.3 Å². The van der Waals surface area contributed by atoms with Gasteiger partial charge in [-0.1, -0.05) is 25.6 Å². The lowest BCUT2D eigenvalue weighted by molar-refractivity contribution is 0.784. The summed E-state index contributed by atoms with van der Waals surface area (Å²) in [5, 5.41) is 0. The van der Waals surface area contributed by atoms with Crippen LogP contribution < -0.4 is 0 Å². The van der Waals surface area contributed by atoms with Gasteiger partial charge in [-0.2, -0.15) is 0 Å². The molecule has 0 saturated carbocycles. The summed E-state index contributed by atoms with van der Waals surface area (Å²) in [6.45, 7) is 2.16. The number of hydrogen-bond donors (Lipinski definition) is 2. The van der Waals surface area contributed by atoms with E-state index < -0.39 is 0 Å². The second-order valence-corrected chi connectivity index (χ2v) is 3.52. The molecule has 0 radical (unpaired) electrons. The molecule has 0 fully saturated rings. The maximum atomic E-state index is 5.11. The topological polar surface area (TPSA) is 31.6 Å². The molecule has 0 unspecified atom stereocenters. The predicted molar refractivity (Wildman–Crippen MR) is 55.4 cm³/mol. The van der Waals surface area contributed by atoms with E-state index in [1.165, 1.54) is 12.8 Å². The summed E-state index contributed by atoms with van der Waals surface area (Å²) >= 11 is 10.0. The fraction of sp³-hybridized carbons (Fsp3) is 0.500. The van der Waals surface area contributed by atoms with Gasteiger partial charge in [-0.15, -0.1) is 0 Å². The minimum atomic E-state index is 0.597. The summed E-state index contributed by atoms with van der Waals surface area (Å²) in [5.41, 5.74) is 1.15. The smallest absolute Gasteiger partial charge is 0.175 e. The Balaban J connectivity index is 2.87. The highest BCUT2D eigenvalue weighted by Crippen LogP contribution is 2.03. The van der Waals surface area contributed by atoms with Crippen molar-refractivity contribution < 1.29 is 0 Å². The normalized spacial score (nSPS) is 10.1. The monoisotopic (exact) mass is 200 g/mol. The molecule has 1 rings (SSSR count). The number of aromatic amines is 2. The van der Waals surface area contributed by atoms with Gasteiger partial charge in [-0.3, -0.25) is 0 Å². The molecule has 0 aliphatic rings. The third-order valence-corrected chi connectivity index (χ3v) is 2.28. The number of aryl methyl sites for hydroxylation is 1. The van der Waals surface area contributed by atoms with Crippen LogP contribution in [0.3, 0.4) is 0 Å².